The first-order valence-electron chi connectivity index (χ1n) is 4.08. The van der Waals surface area contributed by atoms with Crippen molar-refractivity contribution in [3.63, 3.8) is 0 Å². The highest BCUT2D eigenvalue weighted by Crippen LogP contribution is 2.21. The van der Waals surface area contributed by atoms with Crippen LogP contribution in [0.2, 0.25) is 0 Å². The topological polar surface area (TPSA) is 72.2 Å². The summed E-state index contributed by atoms with van der Waals surface area (Å²) < 4.78 is 58.6. The molecule has 0 bridgehead atoms. The summed E-state index contributed by atoms with van der Waals surface area (Å²) in [6.07, 6.45) is -4.55. The molecule has 1 atom stereocenters. The van der Waals surface area contributed by atoms with Gasteiger partial charge >= 0.3 is 6.18 Å². The molecule has 0 saturated heterocycles. The lowest BCUT2D eigenvalue weighted by Gasteiger charge is -2.13. The van der Waals surface area contributed by atoms with Gasteiger partial charge in [-0.2, -0.15) is 18.3 Å². The molecule has 1 rings (SSSR count). The van der Waals surface area contributed by atoms with Gasteiger partial charge in [0.1, 0.15) is 4.90 Å². The van der Waals surface area contributed by atoms with E-state index in [-0.39, 0.29) is 4.90 Å². The van der Waals surface area contributed by atoms with Crippen LogP contribution in [-0.4, -0.2) is 41.8 Å². The second kappa shape index (κ2) is 4.06. The molecule has 1 aromatic rings. The Labute approximate surface area is 89.4 Å². The Morgan fingerprint density at radius 2 is 2.12 bits per heavy atom. The fourth-order valence-electron chi connectivity index (χ4n) is 0.917. The lowest BCUT2D eigenvalue weighted by molar-refractivity contribution is -0.208. The minimum absolute atomic E-state index is 0.193. The number of sulfone groups is 1. The Hall–Kier alpha value is -1.09. The van der Waals surface area contributed by atoms with Crippen molar-refractivity contribution in [2.45, 2.75) is 23.7 Å². The van der Waals surface area contributed by atoms with E-state index in [2.05, 4.69) is 5.10 Å². The second-order valence-electron chi connectivity index (χ2n) is 3.23. The summed E-state index contributed by atoms with van der Waals surface area (Å²) >= 11 is 0. The molecule has 1 heterocycles. The number of aromatic nitrogens is 2. The first-order chi connectivity index (χ1) is 7.10. The van der Waals surface area contributed by atoms with Crippen molar-refractivity contribution in [3.8, 4) is 0 Å². The van der Waals surface area contributed by atoms with Gasteiger partial charge in [0.15, 0.2) is 15.9 Å². The van der Waals surface area contributed by atoms with E-state index in [0.717, 1.165) is 23.3 Å². The summed E-state index contributed by atoms with van der Waals surface area (Å²) in [6.45, 7) is -0.834. The summed E-state index contributed by atoms with van der Waals surface area (Å²) in [5, 5.41) is 12.1. The number of hydrogen-bond donors (Lipinski definition) is 1. The van der Waals surface area contributed by atoms with Gasteiger partial charge in [0.25, 0.3) is 0 Å². The summed E-state index contributed by atoms with van der Waals surface area (Å²) in [6, 6.07) is 0. The van der Waals surface area contributed by atoms with E-state index in [0.29, 0.717) is 0 Å². The van der Waals surface area contributed by atoms with E-state index in [1.807, 2.05) is 0 Å². The van der Waals surface area contributed by atoms with E-state index in [4.69, 9.17) is 5.11 Å². The predicted molar refractivity (Wildman–Crippen MR) is 47.4 cm³/mol. The van der Waals surface area contributed by atoms with E-state index in [1.54, 1.807) is 0 Å². The fraction of sp³-hybridized carbons (Fsp3) is 0.571. The van der Waals surface area contributed by atoms with Crippen LogP contribution in [0.15, 0.2) is 17.3 Å². The minimum Gasteiger partial charge on any atom is -0.382 e. The van der Waals surface area contributed by atoms with Gasteiger partial charge in [0.2, 0.25) is 0 Å². The monoisotopic (exact) mass is 258 g/mol. The molecule has 1 N–H and O–H groups in total. The molecule has 0 amide bonds. The van der Waals surface area contributed by atoms with Gasteiger partial charge in [0.05, 0.1) is 12.7 Å². The van der Waals surface area contributed by atoms with Crippen molar-refractivity contribution in [1.82, 2.24) is 9.78 Å². The number of alkyl halides is 3. The van der Waals surface area contributed by atoms with E-state index in [1.165, 1.54) is 0 Å². The van der Waals surface area contributed by atoms with Gasteiger partial charge in [0, 0.05) is 12.5 Å². The molecular weight excluding hydrogens is 249 g/mol. The van der Waals surface area contributed by atoms with Crippen LogP contribution in [0.1, 0.15) is 0 Å². The third-order valence-electron chi connectivity index (χ3n) is 1.78. The van der Waals surface area contributed by atoms with Crippen molar-refractivity contribution < 1.29 is 26.7 Å². The normalized spacial score (nSPS) is 15.1. The highest BCUT2D eigenvalue weighted by Gasteiger charge is 2.38. The molecule has 5 nitrogen and oxygen atoms in total. The number of aliphatic hydroxyl groups is 1. The SMILES string of the molecule is CS(=O)(=O)c1cnn(CC(O)C(F)(F)F)c1. The van der Waals surface area contributed by atoms with Gasteiger partial charge in [-0.15, -0.1) is 0 Å². The Bertz CT molecular complexity index is 465. The molecule has 0 fully saturated rings. The molecule has 0 aliphatic rings. The highest BCUT2D eigenvalue weighted by molar-refractivity contribution is 7.90. The lowest BCUT2D eigenvalue weighted by atomic mass is 10.3. The molecule has 0 spiro atoms. The maximum atomic E-state index is 12.0. The summed E-state index contributed by atoms with van der Waals surface area (Å²) in [4.78, 5) is -0.193. The van der Waals surface area contributed by atoms with Crippen LogP contribution >= 0.6 is 0 Å². The first kappa shape index (κ1) is 13.0. The molecule has 0 aliphatic carbocycles. The van der Waals surface area contributed by atoms with E-state index in [9.17, 15) is 21.6 Å². The van der Waals surface area contributed by atoms with Crippen LogP contribution in [0, 0.1) is 0 Å². The summed E-state index contributed by atoms with van der Waals surface area (Å²) in [5.74, 6) is 0. The van der Waals surface area contributed by atoms with Crippen molar-refractivity contribution >= 4 is 9.84 Å². The second-order valence-corrected chi connectivity index (χ2v) is 5.24. The smallest absolute Gasteiger partial charge is 0.382 e. The third-order valence-corrected chi connectivity index (χ3v) is 2.84. The molecule has 92 valence electrons. The maximum absolute atomic E-state index is 12.0. The molecule has 0 aliphatic heterocycles. The number of hydrogen-bond acceptors (Lipinski definition) is 4. The lowest BCUT2D eigenvalue weighted by Crippen LogP contribution is -2.32. The number of halogens is 3. The number of nitrogens with zero attached hydrogens (tertiary/aromatic N) is 2. The van der Waals surface area contributed by atoms with Gasteiger partial charge in [-0.25, -0.2) is 8.42 Å². The Morgan fingerprint density at radius 1 is 1.56 bits per heavy atom. The van der Waals surface area contributed by atoms with Crippen molar-refractivity contribution in [1.29, 1.82) is 0 Å². The van der Waals surface area contributed by atoms with Gasteiger partial charge < -0.3 is 5.11 Å². The quantitative estimate of drug-likeness (QED) is 0.841. The molecule has 0 radical (unpaired) electrons. The predicted octanol–water partition coefficient (Wildman–Crippen LogP) is 0.210. The summed E-state index contributed by atoms with van der Waals surface area (Å²) in [7, 11) is -3.50. The minimum atomic E-state index is -4.75. The van der Waals surface area contributed by atoms with Crippen molar-refractivity contribution in [2.24, 2.45) is 0 Å². The van der Waals surface area contributed by atoms with Crippen molar-refractivity contribution in [3.05, 3.63) is 12.4 Å². The summed E-state index contributed by atoms with van der Waals surface area (Å²) in [5.41, 5.74) is 0. The molecule has 16 heavy (non-hydrogen) atoms. The molecule has 0 aromatic carbocycles. The number of aliphatic hydroxyl groups excluding tert-OH is 1. The maximum Gasteiger partial charge on any atom is 0.416 e. The Morgan fingerprint density at radius 3 is 2.50 bits per heavy atom. The van der Waals surface area contributed by atoms with Crippen LogP contribution in [0.5, 0.6) is 0 Å². The zero-order valence-electron chi connectivity index (χ0n) is 8.14. The Balaban J connectivity index is 2.82. The average Bonchev–Trinajstić information content (AvgIpc) is 2.49. The largest absolute Gasteiger partial charge is 0.416 e. The van der Waals surface area contributed by atoms with Gasteiger partial charge in [-0.1, -0.05) is 0 Å². The van der Waals surface area contributed by atoms with Crippen molar-refractivity contribution in [2.75, 3.05) is 6.26 Å². The molecule has 1 aromatic heterocycles. The van der Waals surface area contributed by atoms with E-state index < -0.39 is 28.7 Å². The molecular formula is C7H9F3N2O3S. The molecule has 9 heteroatoms. The fourth-order valence-corrected chi connectivity index (χ4v) is 1.47. The standard InChI is InChI=1S/C7H9F3N2O3S/c1-16(14,15)5-2-11-12(3-5)4-6(13)7(8,9)10/h2-3,6,13H,4H2,1H3. The van der Waals surface area contributed by atoms with Crippen LogP contribution in [0.25, 0.3) is 0 Å². The van der Waals surface area contributed by atoms with E-state index >= 15 is 0 Å². The van der Waals surface area contributed by atoms with Gasteiger partial charge in [-0.05, 0) is 0 Å². The van der Waals surface area contributed by atoms with Crippen LogP contribution in [-0.2, 0) is 16.4 Å². The zero-order valence-corrected chi connectivity index (χ0v) is 8.96. The van der Waals surface area contributed by atoms with Crippen LogP contribution in [0.3, 0.4) is 0 Å². The average molecular weight is 258 g/mol. The first-order valence-corrected chi connectivity index (χ1v) is 5.97. The highest BCUT2D eigenvalue weighted by atomic mass is 32.2. The van der Waals surface area contributed by atoms with Crippen LogP contribution in [0.4, 0.5) is 13.2 Å². The Kier molecular flexibility index (Phi) is 3.29. The molecule has 0 saturated carbocycles. The molecule has 1 unspecified atom stereocenters. The third kappa shape index (κ3) is 3.20. The zero-order chi connectivity index (χ0) is 12.6. The number of rotatable bonds is 3. The van der Waals surface area contributed by atoms with Crippen LogP contribution < -0.4 is 0 Å². The van der Waals surface area contributed by atoms with Gasteiger partial charge in [-0.3, -0.25) is 4.68 Å².